The molecule has 0 radical (unpaired) electrons. The van der Waals surface area contributed by atoms with E-state index in [-0.39, 0.29) is 6.04 Å². The molecule has 2 aliphatic rings. The average Bonchev–Trinajstić information content (AvgIpc) is 2.87. The van der Waals surface area contributed by atoms with Crippen molar-refractivity contribution in [2.24, 2.45) is 0 Å². The minimum atomic E-state index is 0.0662. The molecule has 1 amide bonds. The fourth-order valence-corrected chi connectivity index (χ4v) is 2.96. The third-order valence-corrected chi connectivity index (χ3v) is 3.98. The van der Waals surface area contributed by atoms with Gasteiger partial charge in [-0.2, -0.15) is 0 Å². The van der Waals surface area contributed by atoms with Crippen LogP contribution in [0.3, 0.4) is 0 Å². The minimum Gasteiger partial charge on any atom is -0.340 e. The molecular weight excluding hydrogens is 202 g/mol. The van der Waals surface area contributed by atoms with Crippen LogP contribution in [0, 0.1) is 0 Å². The predicted octanol–water partition coefficient (Wildman–Crippen LogP) is 0.291. The standard InChI is InChI=1S/C12H23N3O/c1-3-14-7-4-5-10(14)9-15-8-6-11(13-2)12(15)16/h10-11,13H,3-9H2,1-2H3. The maximum atomic E-state index is 12.0. The molecule has 2 rings (SSSR count). The van der Waals surface area contributed by atoms with Crippen LogP contribution >= 0.6 is 0 Å². The summed E-state index contributed by atoms with van der Waals surface area (Å²) in [5.74, 6) is 0.297. The van der Waals surface area contributed by atoms with Crippen LogP contribution in [0.15, 0.2) is 0 Å². The topological polar surface area (TPSA) is 35.6 Å². The summed E-state index contributed by atoms with van der Waals surface area (Å²) >= 11 is 0. The predicted molar refractivity (Wildman–Crippen MR) is 64.3 cm³/mol. The van der Waals surface area contributed by atoms with Gasteiger partial charge in [-0.15, -0.1) is 0 Å². The maximum absolute atomic E-state index is 12.0. The smallest absolute Gasteiger partial charge is 0.239 e. The van der Waals surface area contributed by atoms with Gasteiger partial charge in [0.2, 0.25) is 5.91 Å². The molecule has 2 saturated heterocycles. The molecular formula is C12H23N3O. The zero-order chi connectivity index (χ0) is 11.5. The molecule has 0 aromatic heterocycles. The van der Waals surface area contributed by atoms with Gasteiger partial charge >= 0.3 is 0 Å². The highest BCUT2D eigenvalue weighted by Gasteiger charge is 2.33. The van der Waals surface area contributed by atoms with Gasteiger partial charge in [-0.05, 0) is 39.4 Å². The number of rotatable bonds is 4. The first kappa shape index (κ1) is 11.9. The van der Waals surface area contributed by atoms with Crippen molar-refractivity contribution >= 4 is 5.91 Å². The molecule has 0 saturated carbocycles. The summed E-state index contributed by atoms with van der Waals surface area (Å²) in [6, 6.07) is 0.668. The average molecular weight is 225 g/mol. The molecule has 16 heavy (non-hydrogen) atoms. The molecule has 0 bridgehead atoms. The summed E-state index contributed by atoms with van der Waals surface area (Å²) in [5.41, 5.74) is 0. The Morgan fingerprint density at radius 3 is 2.81 bits per heavy atom. The lowest BCUT2D eigenvalue weighted by Gasteiger charge is -2.27. The molecule has 2 fully saturated rings. The Kier molecular flexibility index (Phi) is 3.82. The summed E-state index contributed by atoms with van der Waals surface area (Å²) < 4.78 is 0. The minimum absolute atomic E-state index is 0.0662. The molecule has 0 aromatic rings. The highest BCUT2D eigenvalue weighted by molar-refractivity contribution is 5.83. The molecule has 0 aliphatic carbocycles. The van der Waals surface area contributed by atoms with Gasteiger partial charge in [-0.1, -0.05) is 6.92 Å². The van der Waals surface area contributed by atoms with Crippen molar-refractivity contribution in [3.8, 4) is 0 Å². The van der Waals surface area contributed by atoms with Crippen LogP contribution in [-0.4, -0.2) is 61.0 Å². The fraction of sp³-hybridized carbons (Fsp3) is 0.917. The molecule has 4 nitrogen and oxygen atoms in total. The van der Waals surface area contributed by atoms with Gasteiger partial charge in [0.25, 0.3) is 0 Å². The van der Waals surface area contributed by atoms with Crippen molar-refractivity contribution < 1.29 is 4.79 Å². The molecule has 2 heterocycles. The largest absolute Gasteiger partial charge is 0.340 e. The van der Waals surface area contributed by atoms with Gasteiger partial charge in [-0.25, -0.2) is 0 Å². The second-order valence-electron chi connectivity index (χ2n) is 4.84. The zero-order valence-electron chi connectivity index (χ0n) is 10.4. The fourth-order valence-electron chi connectivity index (χ4n) is 2.96. The quantitative estimate of drug-likeness (QED) is 0.747. The van der Waals surface area contributed by atoms with Crippen molar-refractivity contribution in [2.75, 3.05) is 33.2 Å². The van der Waals surface area contributed by atoms with Crippen LogP contribution in [-0.2, 0) is 4.79 Å². The van der Waals surface area contributed by atoms with E-state index < -0.39 is 0 Å². The van der Waals surface area contributed by atoms with E-state index in [4.69, 9.17) is 0 Å². The molecule has 2 unspecified atom stereocenters. The molecule has 0 spiro atoms. The first-order chi connectivity index (χ1) is 7.76. The molecule has 4 heteroatoms. The number of nitrogens with one attached hydrogen (secondary N) is 1. The number of carbonyl (C=O) groups is 1. The third kappa shape index (κ3) is 2.23. The SMILES string of the molecule is CCN1CCCC1CN1CCC(NC)C1=O. The van der Waals surface area contributed by atoms with Crippen LogP contribution in [0.2, 0.25) is 0 Å². The number of likely N-dealkylation sites (tertiary alicyclic amines) is 2. The lowest BCUT2D eigenvalue weighted by molar-refractivity contribution is -0.129. The van der Waals surface area contributed by atoms with Gasteiger partial charge in [0, 0.05) is 19.1 Å². The zero-order valence-corrected chi connectivity index (χ0v) is 10.4. The van der Waals surface area contributed by atoms with Gasteiger partial charge < -0.3 is 10.2 Å². The second-order valence-corrected chi connectivity index (χ2v) is 4.84. The lowest BCUT2D eigenvalue weighted by Crippen LogP contribution is -2.43. The Morgan fingerprint density at radius 2 is 2.19 bits per heavy atom. The second kappa shape index (κ2) is 5.15. The Hall–Kier alpha value is -0.610. The number of carbonyl (C=O) groups excluding carboxylic acids is 1. The van der Waals surface area contributed by atoms with E-state index >= 15 is 0 Å². The van der Waals surface area contributed by atoms with Crippen LogP contribution in [0.1, 0.15) is 26.2 Å². The van der Waals surface area contributed by atoms with Crippen LogP contribution in [0.4, 0.5) is 0 Å². The van der Waals surface area contributed by atoms with Crippen molar-refractivity contribution in [1.29, 1.82) is 0 Å². The van der Waals surface area contributed by atoms with E-state index in [1.807, 2.05) is 11.9 Å². The van der Waals surface area contributed by atoms with Crippen molar-refractivity contribution in [3.05, 3.63) is 0 Å². The Labute approximate surface area is 98.0 Å². The van der Waals surface area contributed by atoms with Crippen molar-refractivity contribution in [1.82, 2.24) is 15.1 Å². The van der Waals surface area contributed by atoms with E-state index in [0.29, 0.717) is 11.9 Å². The van der Waals surface area contributed by atoms with E-state index in [2.05, 4.69) is 17.1 Å². The first-order valence-corrected chi connectivity index (χ1v) is 6.46. The van der Waals surface area contributed by atoms with E-state index in [0.717, 1.165) is 26.1 Å². The summed E-state index contributed by atoms with van der Waals surface area (Å²) in [6.45, 7) is 6.39. The van der Waals surface area contributed by atoms with Gasteiger partial charge in [0.15, 0.2) is 0 Å². The highest BCUT2D eigenvalue weighted by atomic mass is 16.2. The summed E-state index contributed by atoms with van der Waals surface area (Å²) in [4.78, 5) is 16.5. The Morgan fingerprint density at radius 1 is 1.38 bits per heavy atom. The van der Waals surface area contributed by atoms with E-state index in [9.17, 15) is 4.79 Å². The highest BCUT2D eigenvalue weighted by Crippen LogP contribution is 2.20. The maximum Gasteiger partial charge on any atom is 0.239 e. The van der Waals surface area contributed by atoms with Crippen LogP contribution in [0.25, 0.3) is 0 Å². The Bertz CT molecular complexity index is 257. The van der Waals surface area contributed by atoms with Crippen molar-refractivity contribution in [2.45, 2.75) is 38.3 Å². The molecule has 1 N–H and O–H groups in total. The number of amides is 1. The third-order valence-electron chi connectivity index (χ3n) is 3.98. The number of hydrogen-bond donors (Lipinski definition) is 1. The molecule has 2 atom stereocenters. The first-order valence-electron chi connectivity index (χ1n) is 6.46. The van der Waals surface area contributed by atoms with Gasteiger partial charge in [0.05, 0.1) is 6.04 Å². The summed E-state index contributed by atoms with van der Waals surface area (Å²) in [5, 5.41) is 3.09. The summed E-state index contributed by atoms with van der Waals surface area (Å²) in [6.07, 6.45) is 3.51. The van der Waals surface area contributed by atoms with E-state index in [1.54, 1.807) is 0 Å². The number of nitrogens with zero attached hydrogens (tertiary/aromatic N) is 2. The molecule has 2 aliphatic heterocycles. The lowest BCUT2D eigenvalue weighted by atomic mass is 10.2. The van der Waals surface area contributed by atoms with Crippen LogP contribution in [0.5, 0.6) is 0 Å². The molecule has 0 aromatic carbocycles. The van der Waals surface area contributed by atoms with Gasteiger partial charge in [-0.3, -0.25) is 9.69 Å². The number of hydrogen-bond acceptors (Lipinski definition) is 3. The number of likely N-dealkylation sites (N-methyl/N-ethyl adjacent to an activating group) is 2. The van der Waals surface area contributed by atoms with E-state index in [1.165, 1.54) is 19.4 Å². The summed E-state index contributed by atoms with van der Waals surface area (Å²) in [7, 11) is 1.87. The van der Waals surface area contributed by atoms with Gasteiger partial charge in [0.1, 0.15) is 0 Å². The van der Waals surface area contributed by atoms with Crippen molar-refractivity contribution in [3.63, 3.8) is 0 Å². The van der Waals surface area contributed by atoms with Crippen LogP contribution < -0.4 is 5.32 Å². The normalized spacial score (nSPS) is 31.6. The monoisotopic (exact) mass is 225 g/mol. The molecule has 92 valence electrons. The Balaban J connectivity index is 1.88.